The Bertz CT molecular complexity index is 1910. The number of rotatable bonds is 43. The van der Waals surface area contributed by atoms with Crippen LogP contribution in [0.3, 0.4) is 0 Å². The maximum absolute atomic E-state index is 13.1. The van der Waals surface area contributed by atoms with Crippen molar-refractivity contribution < 1.29 is 58.2 Å². The van der Waals surface area contributed by atoms with Gasteiger partial charge in [-0.15, -0.1) is 0 Å². The molecule has 0 saturated carbocycles. The molecular formula is C63H92O12. The summed E-state index contributed by atoms with van der Waals surface area (Å²) < 4.78 is 28.1. The van der Waals surface area contributed by atoms with Crippen LogP contribution >= 0.6 is 0 Å². The number of carbonyl (C=O) groups excluding carboxylic acids is 3. The predicted molar refractivity (Wildman–Crippen MR) is 302 cm³/mol. The molecule has 0 spiro atoms. The van der Waals surface area contributed by atoms with Crippen molar-refractivity contribution in [3.8, 4) is 0 Å². The number of ether oxygens (including phenoxy) is 5. The highest BCUT2D eigenvalue weighted by atomic mass is 16.7. The van der Waals surface area contributed by atoms with E-state index in [0.29, 0.717) is 32.1 Å². The number of esters is 3. The fraction of sp³-hybridized carbons (Fsp3) is 0.524. The zero-order valence-corrected chi connectivity index (χ0v) is 45.5. The monoisotopic (exact) mass is 1040 g/mol. The summed E-state index contributed by atoms with van der Waals surface area (Å²) in [5.74, 6) is -3.40. The van der Waals surface area contributed by atoms with Gasteiger partial charge in [0, 0.05) is 19.3 Å². The topological polar surface area (TPSA) is 175 Å². The van der Waals surface area contributed by atoms with Crippen molar-refractivity contribution in [3.05, 3.63) is 158 Å². The lowest BCUT2D eigenvalue weighted by molar-refractivity contribution is -0.301. The number of hydrogen-bond acceptors (Lipinski definition) is 11. The van der Waals surface area contributed by atoms with Crippen LogP contribution in [0.25, 0.3) is 0 Å². The molecule has 6 unspecified atom stereocenters. The summed E-state index contributed by atoms with van der Waals surface area (Å²) in [4.78, 5) is 50.9. The molecule has 0 amide bonds. The van der Waals surface area contributed by atoms with Crippen LogP contribution in [-0.4, -0.2) is 89.2 Å². The lowest BCUT2D eigenvalue weighted by atomic mass is 9.98. The molecule has 12 nitrogen and oxygen atoms in total. The minimum Gasteiger partial charge on any atom is -0.479 e. The van der Waals surface area contributed by atoms with Gasteiger partial charge in [-0.1, -0.05) is 179 Å². The summed E-state index contributed by atoms with van der Waals surface area (Å²) in [7, 11) is 0. The van der Waals surface area contributed by atoms with E-state index in [1.807, 2.05) is 30.4 Å². The third kappa shape index (κ3) is 39.4. The highest BCUT2D eigenvalue weighted by Crippen LogP contribution is 2.26. The van der Waals surface area contributed by atoms with Gasteiger partial charge in [-0.25, -0.2) is 4.79 Å². The molecule has 3 N–H and O–H groups in total. The second-order valence-electron chi connectivity index (χ2n) is 17.7. The molecule has 0 aliphatic carbocycles. The summed E-state index contributed by atoms with van der Waals surface area (Å²) in [6, 6.07) is 0. The Morgan fingerprint density at radius 2 is 0.827 bits per heavy atom. The molecule has 0 aromatic rings. The van der Waals surface area contributed by atoms with E-state index in [0.717, 1.165) is 89.9 Å². The van der Waals surface area contributed by atoms with Crippen LogP contribution in [0.5, 0.6) is 0 Å². The van der Waals surface area contributed by atoms with E-state index in [-0.39, 0.29) is 25.9 Å². The Labute approximate surface area is 450 Å². The number of aliphatic carboxylic acids is 1. The maximum Gasteiger partial charge on any atom is 0.335 e. The standard InChI is InChI=1S/C63H92O12/c1-4-7-10-13-16-19-22-25-27-28-30-32-34-37-40-43-46-49-55(64)71-52-54(73-56(65)50-47-44-41-38-36-33-29-26-23-20-17-14-11-8-5-2)53-72-63-61(59(68)58(67)60(75-63)62(69)70)74-57(66)51-48-45-42-39-35-31-24-21-18-15-12-9-6-3/h7-12,16-21,25-27,29-32,35-38,40,42,45,54,58-61,63,67-68H,4-6,13-15,22-24,28,33-34,39,41,43-44,46-53H2,1-3H3,(H,69,70)/b10-7-,11-8-,12-9-,19-16-,20-17-,21-18-,27-25-,29-26-,32-30-,35-31-,38-36-,40-37-,45-42-. The fourth-order valence-corrected chi connectivity index (χ4v) is 6.99. The van der Waals surface area contributed by atoms with Crippen molar-refractivity contribution >= 4 is 23.9 Å². The maximum atomic E-state index is 13.1. The summed E-state index contributed by atoms with van der Waals surface area (Å²) in [6.07, 6.45) is 59.6. The average molecular weight is 1040 g/mol. The Hall–Kier alpha value is -5.66. The van der Waals surface area contributed by atoms with Crippen molar-refractivity contribution in [2.24, 2.45) is 0 Å². The second-order valence-corrected chi connectivity index (χ2v) is 17.7. The lowest BCUT2D eigenvalue weighted by Gasteiger charge is -2.40. The summed E-state index contributed by atoms with van der Waals surface area (Å²) >= 11 is 0. The molecule has 12 heteroatoms. The zero-order valence-electron chi connectivity index (χ0n) is 45.5. The third-order valence-electron chi connectivity index (χ3n) is 11.1. The van der Waals surface area contributed by atoms with Gasteiger partial charge < -0.3 is 39.0 Å². The van der Waals surface area contributed by atoms with Gasteiger partial charge in [-0.05, 0) is 122 Å². The lowest BCUT2D eigenvalue weighted by Crippen LogP contribution is -2.61. The molecule has 1 aliphatic heterocycles. The Morgan fingerprint density at radius 1 is 0.440 bits per heavy atom. The van der Waals surface area contributed by atoms with E-state index in [1.165, 1.54) is 0 Å². The molecule has 1 aliphatic rings. The first kappa shape index (κ1) is 67.4. The first-order valence-corrected chi connectivity index (χ1v) is 27.5. The zero-order chi connectivity index (χ0) is 54.7. The van der Waals surface area contributed by atoms with Crippen LogP contribution < -0.4 is 0 Å². The smallest absolute Gasteiger partial charge is 0.335 e. The number of carboxylic acids is 1. The van der Waals surface area contributed by atoms with Crippen LogP contribution in [0.2, 0.25) is 0 Å². The SMILES string of the molecule is CC/C=C\C/C=C\C/C=C\C/C=C\C/C=C\CCCC(=O)OCC(COC1OC(C(=O)O)C(O)C(O)C1OC(=O)CC/C=C\C/C=C\C/C=C\C/C=C\CC)OC(=O)CCCC/C=C\C/C=C\C/C=C\C/C=C\CC. The largest absolute Gasteiger partial charge is 0.479 e. The molecule has 0 aromatic heterocycles. The Balaban J connectivity index is 2.84. The van der Waals surface area contributed by atoms with E-state index in [2.05, 4.69) is 148 Å². The number of unbranched alkanes of at least 4 members (excludes halogenated alkanes) is 3. The van der Waals surface area contributed by atoms with E-state index >= 15 is 0 Å². The summed E-state index contributed by atoms with van der Waals surface area (Å²) in [5, 5.41) is 31.4. The van der Waals surface area contributed by atoms with Crippen molar-refractivity contribution in [2.75, 3.05) is 13.2 Å². The molecule has 1 rings (SSSR count). The molecular weight excluding hydrogens is 949 g/mol. The predicted octanol–water partition coefficient (Wildman–Crippen LogP) is 13.8. The molecule has 1 fully saturated rings. The number of carbonyl (C=O) groups is 4. The van der Waals surface area contributed by atoms with Crippen LogP contribution in [-0.2, 0) is 42.9 Å². The van der Waals surface area contributed by atoms with Crippen LogP contribution in [0, 0.1) is 0 Å². The van der Waals surface area contributed by atoms with E-state index in [9.17, 15) is 34.5 Å². The number of hydrogen-bond donors (Lipinski definition) is 3. The van der Waals surface area contributed by atoms with Gasteiger partial charge in [0.2, 0.25) is 0 Å². The summed E-state index contributed by atoms with van der Waals surface area (Å²) in [5.41, 5.74) is 0. The van der Waals surface area contributed by atoms with Gasteiger partial charge >= 0.3 is 23.9 Å². The van der Waals surface area contributed by atoms with Gasteiger partial charge in [0.15, 0.2) is 24.6 Å². The van der Waals surface area contributed by atoms with Crippen molar-refractivity contribution in [1.29, 1.82) is 0 Å². The number of carboxylic acid groups (broad SMARTS) is 1. The Kier molecular flexibility index (Phi) is 44.2. The fourth-order valence-electron chi connectivity index (χ4n) is 6.99. The molecule has 0 radical (unpaired) electrons. The van der Waals surface area contributed by atoms with Gasteiger partial charge in [0.05, 0.1) is 6.61 Å². The molecule has 75 heavy (non-hydrogen) atoms. The van der Waals surface area contributed by atoms with E-state index in [4.69, 9.17) is 23.7 Å². The molecule has 6 atom stereocenters. The minimum absolute atomic E-state index is 0.0800. The molecule has 416 valence electrons. The first-order valence-electron chi connectivity index (χ1n) is 27.5. The minimum atomic E-state index is -1.95. The Morgan fingerprint density at radius 3 is 1.25 bits per heavy atom. The number of aliphatic hydroxyl groups is 2. The second kappa shape index (κ2) is 49.2. The average Bonchev–Trinajstić information content (AvgIpc) is 3.39. The van der Waals surface area contributed by atoms with Gasteiger partial charge in [0.25, 0.3) is 0 Å². The van der Waals surface area contributed by atoms with E-state index in [1.54, 1.807) is 0 Å². The van der Waals surface area contributed by atoms with Crippen LogP contribution in [0.1, 0.15) is 162 Å². The highest BCUT2D eigenvalue weighted by molar-refractivity contribution is 5.74. The van der Waals surface area contributed by atoms with Crippen molar-refractivity contribution in [1.82, 2.24) is 0 Å². The molecule has 1 heterocycles. The van der Waals surface area contributed by atoms with Gasteiger partial charge in [0.1, 0.15) is 18.8 Å². The highest BCUT2D eigenvalue weighted by Gasteiger charge is 2.50. The van der Waals surface area contributed by atoms with Crippen LogP contribution in [0.4, 0.5) is 0 Å². The molecule has 1 saturated heterocycles. The molecule has 0 aromatic carbocycles. The van der Waals surface area contributed by atoms with Crippen molar-refractivity contribution in [3.63, 3.8) is 0 Å². The third-order valence-corrected chi connectivity index (χ3v) is 11.1. The van der Waals surface area contributed by atoms with Gasteiger partial charge in [-0.2, -0.15) is 0 Å². The quantitative estimate of drug-likeness (QED) is 0.0228. The van der Waals surface area contributed by atoms with Crippen molar-refractivity contribution in [2.45, 2.75) is 199 Å². The normalized spacial score (nSPS) is 19.4. The van der Waals surface area contributed by atoms with Crippen LogP contribution in [0.15, 0.2) is 158 Å². The number of allylic oxidation sites excluding steroid dienone is 26. The van der Waals surface area contributed by atoms with Gasteiger partial charge in [-0.3, -0.25) is 14.4 Å². The van der Waals surface area contributed by atoms with E-state index < -0.39 is 67.3 Å². The summed E-state index contributed by atoms with van der Waals surface area (Å²) in [6.45, 7) is 5.48. The molecule has 0 bridgehead atoms. The number of aliphatic hydroxyl groups excluding tert-OH is 2. The first-order chi connectivity index (χ1) is 36.6.